The van der Waals surface area contributed by atoms with Gasteiger partial charge in [0.1, 0.15) is 5.75 Å². The summed E-state index contributed by atoms with van der Waals surface area (Å²) in [5.74, 6) is -0.449. The second-order valence-electron chi connectivity index (χ2n) is 5.91. The second-order valence-corrected chi connectivity index (χ2v) is 5.91. The molecule has 0 fully saturated rings. The average Bonchev–Trinajstić information content (AvgIpc) is 2.62. The Balaban J connectivity index is 2.12. The van der Waals surface area contributed by atoms with Crippen molar-refractivity contribution in [3.8, 4) is 5.75 Å². The average molecular weight is 394 g/mol. The molecule has 0 aliphatic carbocycles. The first-order chi connectivity index (χ1) is 13.2. The van der Waals surface area contributed by atoms with Gasteiger partial charge in [-0.1, -0.05) is 24.3 Å². The number of amides is 2. The highest BCUT2D eigenvalue weighted by Gasteiger charge is 2.33. The molecule has 28 heavy (non-hydrogen) atoms. The van der Waals surface area contributed by atoms with E-state index < -0.39 is 17.6 Å². The van der Waals surface area contributed by atoms with Crippen molar-refractivity contribution in [1.29, 1.82) is 0 Å². The maximum Gasteiger partial charge on any atom is 0.418 e. The van der Waals surface area contributed by atoms with Crippen LogP contribution in [-0.2, 0) is 15.8 Å². The van der Waals surface area contributed by atoms with Crippen LogP contribution in [0.5, 0.6) is 5.75 Å². The number of nitrogens with one attached hydrogen (secondary N) is 1. The summed E-state index contributed by atoms with van der Waals surface area (Å²) in [6.45, 7) is 3.55. The van der Waals surface area contributed by atoms with Crippen molar-refractivity contribution >= 4 is 23.2 Å². The molecule has 2 aromatic rings. The van der Waals surface area contributed by atoms with Gasteiger partial charge in [-0.25, -0.2) is 0 Å². The van der Waals surface area contributed by atoms with Gasteiger partial charge in [0, 0.05) is 19.9 Å². The van der Waals surface area contributed by atoms with Crippen LogP contribution >= 0.6 is 0 Å². The molecule has 8 heteroatoms. The fourth-order valence-electron chi connectivity index (χ4n) is 2.67. The highest BCUT2D eigenvalue weighted by atomic mass is 19.4. The minimum Gasteiger partial charge on any atom is -0.492 e. The van der Waals surface area contributed by atoms with Crippen molar-refractivity contribution in [1.82, 2.24) is 0 Å². The second kappa shape index (κ2) is 9.25. The van der Waals surface area contributed by atoms with E-state index in [0.717, 1.165) is 6.07 Å². The summed E-state index contributed by atoms with van der Waals surface area (Å²) in [4.78, 5) is 25.6. The Kier molecular flexibility index (Phi) is 7.03. The number of halogens is 3. The van der Waals surface area contributed by atoms with Crippen LogP contribution in [0.25, 0.3) is 0 Å². The largest absolute Gasteiger partial charge is 0.492 e. The van der Waals surface area contributed by atoms with Gasteiger partial charge in [-0.05, 0) is 31.2 Å². The molecular weight excluding hydrogens is 373 g/mol. The molecule has 0 aliphatic rings. The molecule has 0 saturated heterocycles. The van der Waals surface area contributed by atoms with Crippen LogP contribution in [0.3, 0.4) is 0 Å². The molecule has 0 bridgehead atoms. The standard InChI is InChI=1S/C20H21F3N2O3/c1-3-28-18-11-7-6-10-17(18)25(14(2)26)13-12-19(27)24-16-9-5-4-8-15(16)20(21,22)23/h4-11H,3,12-13H2,1-2H3,(H,24,27). The van der Waals surface area contributed by atoms with Gasteiger partial charge in [-0.15, -0.1) is 0 Å². The van der Waals surface area contributed by atoms with E-state index >= 15 is 0 Å². The van der Waals surface area contributed by atoms with Crippen molar-refractivity contribution in [3.05, 3.63) is 54.1 Å². The Morgan fingerprint density at radius 2 is 1.71 bits per heavy atom. The predicted molar refractivity (Wildman–Crippen MR) is 100 cm³/mol. The van der Waals surface area contributed by atoms with E-state index in [1.54, 1.807) is 31.2 Å². The first kappa shape index (κ1) is 21.3. The number of rotatable bonds is 7. The van der Waals surface area contributed by atoms with Crippen molar-refractivity contribution in [2.45, 2.75) is 26.4 Å². The molecule has 0 aliphatic heterocycles. The van der Waals surface area contributed by atoms with Crippen LogP contribution in [0, 0.1) is 0 Å². The zero-order valence-electron chi connectivity index (χ0n) is 15.5. The fraction of sp³-hybridized carbons (Fsp3) is 0.300. The lowest BCUT2D eigenvalue weighted by Crippen LogP contribution is -2.32. The number of hydrogen-bond acceptors (Lipinski definition) is 3. The Morgan fingerprint density at radius 1 is 1.07 bits per heavy atom. The van der Waals surface area contributed by atoms with Crippen LogP contribution in [0.15, 0.2) is 48.5 Å². The van der Waals surface area contributed by atoms with Crippen molar-refractivity contribution in [2.75, 3.05) is 23.4 Å². The minimum atomic E-state index is -4.58. The molecule has 0 heterocycles. The molecular formula is C20H21F3N2O3. The van der Waals surface area contributed by atoms with Crippen LogP contribution in [-0.4, -0.2) is 25.0 Å². The van der Waals surface area contributed by atoms with E-state index in [1.807, 2.05) is 0 Å². The van der Waals surface area contributed by atoms with E-state index in [-0.39, 0.29) is 24.6 Å². The molecule has 0 radical (unpaired) electrons. The smallest absolute Gasteiger partial charge is 0.418 e. The van der Waals surface area contributed by atoms with Gasteiger partial charge in [0.25, 0.3) is 0 Å². The SMILES string of the molecule is CCOc1ccccc1N(CCC(=O)Nc1ccccc1C(F)(F)F)C(C)=O. The van der Waals surface area contributed by atoms with Gasteiger partial charge < -0.3 is 15.0 Å². The Labute approximate surface area is 161 Å². The molecule has 0 saturated carbocycles. The molecule has 2 amide bonds. The third kappa shape index (κ3) is 5.48. The lowest BCUT2D eigenvalue weighted by molar-refractivity contribution is -0.137. The number of carbonyl (C=O) groups excluding carboxylic acids is 2. The van der Waals surface area contributed by atoms with Crippen molar-refractivity contribution in [2.24, 2.45) is 0 Å². The Bertz CT molecular complexity index is 837. The third-order valence-corrected chi connectivity index (χ3v) is 3.91. The number of para-hydroxylation sites is 3. The zero-order valence-corrected chi connectivity index (χ0v) is 15.5. The summed E-state index contributed by atoms with van der Waals surface area (Å²) in [6, 6.07) is 11.6. The maximum atomic E-state index is 13.0. The van der Waals surface area contributed by atoms with Gasteiger partial charge >= 0.3 is 6.18 Å². The highest BCUT2D eigenvalue weighted by molar-refractivity contribution is 5.96. The minimum absolute atomic E-state index is 0.000557. The lowest BCUT2D eigenvalue weighted by atomic mass is 10.1. The van der Waals surface area contributed by atoms with Crippen LogP contribution in [0.4, 0.5) is 24.5 Å². The molecule has 1 N–H and O–H groups in total. The quantitative estimate of drug-likeness (QED) is 0.753. The van der Waals surface area contributed by atoms with Crippen LogP contribution < -0.4 is 15.0 Å². The molecule has 0 unspecified atom stereocenters. The maximum absolute atomic E-state index is 13.0. The zero-order chi connectivity index (χ0) is 20.7. The topological polar surface area (TPSA) is 58.6 Å². The number of benzene rings is 2. The third-order valence-electron chi connectivity index (χ3n) is 3.91. The molecule has 0 aromatic heterocycles. The summed E-state index contributed by atoms with van der Waals surface area (Å²) in [7, 11) is 0. The molecule has 2 rings (SSSR count). The summed E-state index contributed by atoms with van der Waals surface area (Å²) in [5, 5.41) is 2.27. The van der Waals surface area contributed by atoms with Crippen molar-refractivity contribution < 1.29 is 27.5 Å². The van der Waals surface area contributed by atoms with Gasteiger partial charge in [-0.2, -0.15) is 13.2 Å². The van der Waals surface area contributed by atoms with E-state index in [1.165, 1.54) is 30.0 Å². The predicted octanol–water partition coefficient (Wildman–Crippen LogP) is 4.49. The summed E-state index contributed by atoms with van der Waals surface area (Å²) >= 11 is 0. The van der Waals surface area contributed by atoms with Gasteiger partial charge in [0.2, 0.25) is 11.8 Å². The molecule has 2 aromatic carbocycles. The summed E-state index contributed by atoms with van der Waals surface area (Å²) in [6.07, 6.45) is -4.75. The lowest BCUT2D eigenvalue weighted by Gasteiger charge is -2.23. The van der Waals surface area contributed by atoms with E-state index in [9.17, 15) is 22.8 Å². The van der Waals surface area contributed by atoms with Gasteiger partial charge in [-0.3, -0.25) is 9.59 Å². The fourth-order valence-corrected chi connectivity index (χ4v) is 2.67. The van der Waals surface area contributed by atoms with Gasteiger partial charge in [0.15, 0.2) is 0 Å². The van der Waals surface area contributed by atoms with E-state index in [2.05, 4.69) is 5.32 Å². The number of ether oxygens (including phenoxy) is 1. The highest BCUT2D eigenvalue weighted by Crippen LogP contribution is 2.34. The molecule has 150 valence electrons. The first-order valence-corrected chi connectivity index (χ1v) is 8.70. The number of hydrogen-bond donors (Lipinski definition) is 1. The molecule has 5 nitrogen and oxygen atoms in total. The normalized spacial score (nSPS) is 11.0. The summed E-state index contributed by atoms with van der Waals surface area (Å²) in [5.41, 5.74) is -0.738. The van der Waals surface area contributed by atoms with Crippen LogP contribution in [0.1, 0.15) is 25.8 Å². The number of nitrogens with zero attached hydrogens (tertiary/aromatic N) is 1. The summed E-state index contributed by atoms with van der Waals surface area (Å²) < 4.78 is 44.6. The number of anilines is 2. The van der Waals surface area contributed by atoms with E-state index in [4.69, 9.17) is 4.74 Å². The van der Waals surface area contributed by atoms with Crippen LogP contribution in [0.2, 0.25) is 0 Å². The molecule has 0 spiro atoms. The Morgan fingerprint density at radius 3 is 2.36 bits per heavy atom. The first-order valence-electron chi connectivity index (χ1n) is 8.70. The van der Waals surface area contributed by atoms with Crippen molar-refractivity contribution in [3.63, 3.8) is 0 Å². The number of alkyl halides is 3. The molecule has 0 atom stereocenters. The van der Waals surface area contributed by atoms with E-state index in [0.29, 0.717) is 18.0 Å². The Hall–Kier alpha value is -3.03. The monoisotopic (exact) mass is 394 g/mol. The van der Waals surface area contributed by atoms with Gasteiger partial charge in [0.05, 0.1) is 23.5 Å². The number of carbonyl (C=O) groups is 2.